The van der Waals surface area contributed by atoms with Crippen molar-refractivity contribution in [3.05, 3.63) is 12.7 Å². The van der Waals surface area contributed by atoms with E-state index in [0.717, 1.165) is 12.8 Å². The summed E-state index contributed by atoms with van der Waals surface area (Å²) in [6, 6.07) is 1.91. The molecule has 1 aliphatic heterocycles. The number of nitriles is 1. The van der Waals surface area contributed by atoms with E-state index in [4.69, 9.17) is 18.9 Å². The standard InChI is InChI=1S/C16H26N2O5/c1-4-5-13(8-17)16(19)18-14(9-22-11-20-2)6-7-15(18)10-23-12-21-3/h4,13-15H,1,5-7,9-12H2,2-3H3/t13?,14-,15-/m1/s1. The number of carbonyl (C=O) groups excluding carboxylic acids is 1. The van der Waals surface area contributed by atoms with Crippen molar-refractivity contribution in [1.29, 1.82) is 5.26 Å². The van der Waals surface area contributed by atoms with Crippen LogP contribution in [0.2, 0.25) is 0 Å². The first-order valence-corrected chi connectivity index (χ1v) is 7.65. The number of allylic oxidation sites excluding steroid dienone is 1. The fraction of sp³-hybridized carbons (Fsp3) is 0.750. The lowest BCUT2D eigenvalue weighted by Gasteiger charge is -2.31. The van der Waals surface area contributed by atoms with Gasteiger partial charge in [-0.1, -0.05) is 6.08 Å². The molecule has 1 amide bonds. The van der Waals surface area contributed by atoms with Crippen molar-refractivity contribution in [3.8, 4) is 6.07 Å². The van der Waals surface area contributed by atoms with Crippen molar-refractivity contribution in [2.45, 2.75) is 31.3 Å². The molecule has 0 radical (unpaired) electrons. The van der Waals surface area contributed by atoms with Crippen molar-refractivity contribution < 1.29 is 23.7 Å². The minimum Gasteiger partial charge on any atom is -0.359 e. The molecule has 1 rings (SSSR count). The summed E-state index contributed by atoms with van der Waals surface area (Å²) in [7, 11) is 3.10. The van der Waals surface area contributed by atoms with Gasteiger partial charge in [0.25, 0.3) is 0 Å². The molecular weight excluding hydrogens is 300 g/mol. The number of hydrogen-bond donors (Lipinski definition) is 0. The van der Waals surface area contributed by atoms with E-state index in [2.05, 4.69) is 12.6 Å². The SMILES string of the molecule is C=CCC(C#N)C(=O)N1[C@@H](COCOC)CC[C@@H]1COCOC. The molecule has 0 N–H and O–H groups in total. The first-order chi connectivity index (χ1) is 11.2. The summed E-state index contributed by atoms with van der Waals surface area (Å²) in [4.78, 5) is 14.5. The van der Waals surface area contributed by atoms with Gasteiger partial charge in [-0.05, 0) is 19.3 Å². The number of nitrogens with zero attached hydrogens (tertiary/aromatic N) is 2. The highest BCUT2D eigenvalue weighted by Gasteiger charge is 2.39. The van der Waals surface area contributed by atoms with Crippen LogP contribution < -0.4 is 0 Å². The lowest BCUT2D eigenvalue weighted by Crippen LogP contribution is -2.47. The van der Waals surface area contributed by atoms with Gasteiger partial charge in [-0.3, -0.25) is 4.79 Å². The Morgan fingerprint density at radius 1 is 1.26 bits per heavy atom. The van der Waals surface area contributed by atoms with E-state index >= 15 is 0 Å². The lowest BCUT2D eigenvalue weighted by atomic mass is 10.0. The van der Waals surface area contributed by atoms with Crippen molar-refractivity contribution in [2.24, 2.45) is 5.92 Å². The van der Waals surface area contributed by atoms with E-state index in [1.807, 2.05) is 0 Å². The van der Waals surface area contributed by atoms with Crippen LogP contribution in [0.4, 0.5) is 0 Å². The van der Waals surface area contributed by atoms with Gasteiger partial charge in [-0.2, -0.15) is 5.26 Å². The van der Waals surface area contributed by atoms with Gasteiger partial charge >= 0.3 is 0 Å². The molecule has 1 aliphatic rings. The molecule has 0 aromatic carbocycles. The fourth-order valence-corrected chi connectivity index (χ4v) is 2.74. The van der Waals surface area contributed by atoms with Crippen molar-refractivity contribution >= 4 is 5.91 Å². The van der Waals surface area contributed by atoms with Crippen LogP contribution in [0.5, 0.6) is 0 Å². The molecule has 1 unspecified atom stereocenters. The highest BCUT2D eigenvalue weighted by atomic mass is 16.7. The van der Waals surface area contributed by atoms with Crippen LogP contribution in [0.25, 0.3) is 0 Å². The Bertz CT molecular complexity index is 392. The third-order valence-corrected chi connectivity index (χ3v) is 3.75. The minimum absolute atomic E-state index is 0.0746. The first kappa shape index (κ1) is 19.6. The molecule has 0 aromatic heterocycles. The minimum atomic E-state index is -0.722. The monoisotopic (exact) mass is 326 g/mol. The van der Waals surface area contributed by atoms with Gasteiger partial charge in [-0.15, -0.1) is 6.58 Å². The third kappa shape index (κ3) is 5.92. The summed E-state index contributed by atoms with van der Waals surface area (Å²) in [6.45, 7) is 4.73. The molecule has 1 saturated heterocycles. The maximum absolute atomic E-state index is 12.7. The number of hydrogen-bond acceptors (Lipinski definition) is 6. The van der Waals surface area contributed by atoms with Gasteiger partial charge < -0.3 is 23.8 Å². The van der Waals surface area contributed by atoms with E-state index in [-0.39, 0.29) is 31.6 Å². The van der Waals surface area contributed by atoms with Crippen LogP contribution in [0.15, 0.2) is 12.7 Å². The van der Waals surface area contributed by atoms with E-state index < -0.39 is 5.92 Å². The second kappa shape index (κ2) is 11.1. The zero-order valence-electron chi connectivity index (χ0n) is 13.9. The number of likely N-dealkylation sites (tertiary alicyclic amines) is 1. The summed E-state index contributed by atoms with van der Waals surface area (Å²) in [6.07, 6.45) is 3.54. The maximum Gasteiger partial charge on any atom is 0.240 e. The van der Waals surface area contributed by atoms with Gasteiger partial charge in [0, 0.05) is 14.2 Å². The zero-order chi connectivity index (χ0) is 17.1. The second-order valence-electron chi connectivity index (χ2n) is 5.39. The molecule has 0 saturated carbocycles. The second-order valence-corrected chi connectivity index (χ2v) is 5.39. The van der Waals surface area contributed by atoms with Crippen LogP contribution in [0.3, 0.4) is 0 Å². The van der Waals surface area contributed by atoms with Crippen LogP contribution in [-0.4, -0.2) is 63.9 Å². The van der Waals surface area contributed by atoms with E-state index in [0.29, 0.717) is 19.6 Å². The molecule has 0 bridgehead atoms. The lowest BCUT2D eigenvalue weighted by molar-refractivity contribution is -0.142. The molecule has 1 fully saturated rings. The number of methoxy groups -OCH3 is 2. The summed E-state index contributed by atoms with van der Waals surface area (Å²) in [5.41, 5.74) is 0. The van der Waals surface area contributed by atoms with E-state index in [9.17, 15) is 10.1 Å². The quantitative estimate of drug-likeness (QED) is 0.323. The van der Waals surface area contributed by atoms with Crippen LogP contribution >= 0.6 is 0 Å². The molecule has 7 nitrogen and oxygen atoms in total. The average molecular weight is 326 g/mol. The topological polar surface area (TPSA) is 81.0 Å². The molecule has 0 aliphatic carbocycles. The molecule has 0 aromatic rings. The van der Waals surface area contributed by atoms with Gasteiger partial charge in [-0.25, -0.2) is 0 Å². The van der Waals surface area contributed by atoms with Gasteiger partial charge in [0.15, 0.2) is 0 Å². The van der Waals surface area contributed by atoms with E-state index in [1.165, 1.54) is 0 Å². The number of ether oxygens (including phenoxy) is 4. The largest absolute Gasteiger partial charge is 0.359 e. The molecule has 7 heteroatoms. The van der Waals surface area contributed by atoms with Crippen LogP contribution in [0, 0.1) is 17.2 Å². The van der Waals surface area contributed by atoms with Crippen molar-refractivity contribution in [2.75, 3.05) is 41.0 Å². The van der Waals surface area contributed by atoms with Crippen LogP contribution in [-0.2, 0) is 23.7 Å². The Morgan fingerprint density at radius 3 is 2.17 bits per heavy atom. The highest BCUT2D eigenvalue weighted by Crippen LogP contribution is 2.27. The third-order valence-electron chi connectivity index (χ3n) is 3.75. The van der Waals surface area contributed by atoms with Gasteiger partial charge in [0.2, 0.25) is 5.91 Å². The van der Waals surface area contributed by atoms with Gasteiger partial charge in [0.1, 0.15) is 19.5 Å². The summed E-state index contributed by atoms with van der Waals surface area (Å²) in [5.74, 6) is -0.914. The fourth-order valence-electron chi connectivity index (χ4n) is 2.74. The summed E-state index contributed by atoms with van der Waals surface area (Å²) >= 11 is 0. The van der Waals surface area contributed by atoms with E-state index in [1.54, 1.807) is 25.2 Å². The Labute approximate surface area is 137 Å². The molecule has 3 atom stereocenters. The predicted molar refractivity (Wildman–Crippen MR) is 83.2 cm³/mol. The molecule has 23 heavy (non-hydrogen) atoms. The Morgan fingerprint density at radius 2 is 1.78 bits per heavy atom. The van der Waals surface area contributed by atoms with Crippen molar-refractivity contribution in [3.63, 3.8) is 0 Å². The predicted octanol–water partition coefficient (Wildman–Crippen LogP) is 1.30. The Balaban J connectivity index is 2.76. The number of amides is 1. The van der Waals surface area contributed by atoms with Crippen LogP contribution in [0.1, 0.15) is 19.3 Å². The van der Waals surface area contributed by atoms with Gasteiger partial charge in [0.05, 0.1) is 31.4 Å². The Kier molecular flexibility index (Phi) is 9.48. The first-order valence-electron chi connectivity index (χ1n) is 7.65. The maximum atomic E-state index is 12.7. The zero-order valence-corrected chi connectivity index (χ0v) is 13.9. The number of carbonyl (C=O) groups is 1. The summed E-state index contributed by atoms with van der Waals surface area (Å²) in [5, 5.41) is 9.24. The highest BCUT2D eigenvalue weighted by molar-refractivity contribution is 5.82. The molecule has 130 valence electrons. The molecule has 0 spiro atoms. The summed E-state index contributed by atoms with van der Waals surface area (Å²) < 4.78 is 20.6. The average Bonchev–Trinajstić information content (AvgIpc) is 2.95. The molecular formula is C16H26N2O5. The normalized spacial score (nSPS) is 21.9. The number of rotatable bonds is 11. The smallest absolute Gasteiger partial charge is 0.240 e. The molecule has 1 heterocycles. The Hall–Kier alpha value is -1.46. The van der Waals surface area contributed by atoms with Crippen molar-refractivity contribution in [1.82, 2.24) is 4.90 Å².